The van der Waals surface area contributed by atoms with Crippen LogP contribution in [0.15, 0.2) is 65.1 Å². The summed E-state index contributed by atoms with van der Waals surface area (Å²) in [6.07, 6.45) is 0. The Bertz CT molecular complexity index is 1190. The van der Waals surface area contributed by atoms with Crippen molar-refractivity contribution in [2.75, 3.05) is 10.6 Å². The molecule has 162 valence electrons. The molecule has 0 aromatic heterocycles. The van der Waals surface area contributed by atoms with Crippen molar-refractivity contribution in [2.45, 2.75) is 0 Å². The minimum absolute atomic E-state index is 0.199. The van der Waals surface area contributed by atoms with Crippen LogP contribution >= 0.6 is 15.9 Å². The molecular formula is C19H12BrN5O7. The average Bonchev–Trinajstić information content (AvgIpc) is 2.75. The summed E-state index contributed by atoms with van der Waals surface area (Å²) in [7, 11) is 0. The van der Waals surface area contributed by atoms with Crippen molar-refractivity contribution in [3.63, 3.8) is 0 Å². The summed E-state index contributed by atoms with van der Waals surface area (Å²) in [5.41, 5.74) is -1.92. The highest BCUT2D eigenvalue weighted by Crippen LogP contribution is 2.40. The molecule has 0 unspecified atom stereocenters. The molecule has 0 aliphatic heterocycles. The van der Waals surface area contributed by atoms with Crippen LogP contribution < -0.4 is 10.6 Å². The molecule has 0 spiro atoms. The summed E-state index contributed by atoms with van der Waals surface area (Å²) in [5.74, 6) is -0.411. The molecule has 3 rings (SSSR count). The van der Waals surface area contributed by atoms with Crippen LogP contribution in [0.25, 0.3) is 0 Å². The van der Waals surface area contributed by atoms with Crippen LogP contribution in [0.1, 0.15) is 10.4 Å². The molecule has 0 fully saturated rings. The first kappa shape index (κ1) is 22.3. The normalized spacial score (nSPS) is 10.3. The first-order valence-electron chi connectivity index (χ1n) is 8.71. The second kappa shape index (κ2) is 9.18. The Labute approximate surface area is 187 Å². The number of nitrogens with one attached hydrogen (secondary N) is 2. The van der Waals surface area contributed by atoms with Crippen molar-refractivity contribution in [3.8, 4) is 0 Å². The smallest absolute Gasteiger partial charge is 0.306 e. The number of benzene rings is 3. The van der Waals surface area contributed by atoms with E-state index in [1.807, 2.05) is 0 Å². The molecule has 0 aliphatic carbocycles. The summed E-state index contributed by atoms with van der Waals surface area (Å²) in [6.45, 7) is 0. The molecule has 0 radical (unpaired) electrons. The van der Waals surface area contributed by atoms with Gasteiger partial charge in [-0.3, -0.25) is 35.1 Å². The van der Waals surface area contributed by atoms with E-state index in [1.54, 1.807) is 24.3 Å². The summed E-state index contributed by atoms with van der Waals surface area (Å²) in [6, 6.07) is 13.8. The van der Waals surface area contributed by atoms with Gasteiger partial charge in [-0.2, -0.15) is 0 Å². The van der Waals surface area contributed by atoms with Gasteiger partial charge in [0.25, 0.3) is 11.6 Å². The number of nitrogens with zero attached hydrogens (tertiary/aromatic N) is 3. The van der Waals surface area contributed by atoms with Crippen molar-refractivity contribution in [2.24, 2.45) is 0 Å². The Kier molecular flexibility index (Phi) is 6.39. The van der Waals surface area contributed by atoms with E-state index in [0.29, 0.717) is 17.8 Å². The third-order valence-corrected chi connectivity index (χ3v) is 4.73. The van der Waals surface area contributed by atoms with Crippen molar-refractivity contribution < 1.29 is 19.6 Å². The van der Waals surface area contributed by atoms with E-state index in [0.717, 1.165) is 4.47 Å². The first-order chi connectivity index (χ1) is 15.2. The van der Waals surface area contributed by atoms with Crippen LogP contribution in [0.2, 0.25) is 0 Å². The number of nitro benzene ring substituents is 3. The largest absolute Gasteiger partial charge is 0.344 e. The number of anilines is 3. The number of rotatable bonds is 7. The van der Waals surface area contributed by atoms with Gasteiger partial charge in [0.1, 0.15) is 0 Å². The van der Waals surface area contributed by atoms with Gasteiger partial charge in [0, 0.05) is 21.4 Å². The second-order valence-electron chi connectivity index (χ2n) is 6.29. The van der Waals surface area contributed by atoms with Gasteiger partial charge in [-0.15, -0.1) is 0 Å². The third-order valence-electron chi connectivity index (χ3n) is 4.20. The van der Waals surface area contributed by atoms with E-state index in [2.05, 4.69) is 26.6 Å². The number of carbonyl (C=O) groups is 1. The maximum absolute atomic E-state index is 12.4. The third kappa shape index (κ3) is 5.02. The van der Waals surface area contributed by atoms with Crippen LogP contribution in [0.4, 0.5) is 34.1 Å². The molecular weight excluding hydrogens is 490 g/mol. The van der Waals surface area contributed by atoms with E-state index >= 15 is 0 Å². The van der Waals surface area contributed by atoms with Crippen LogP contribution in [-0.4, -0.2) is 20.7 Å². The zero-order valence-corrected chi connectivity index (χ0v) is 17.4. The van der Waals surface area contributed by atoms with E-state index in [4.69, 9.17) is 0 Å². The lowest BCUT2D eigenvalue weighted by atomic mass is 10.1. The maximum Gasteiger partial charge on any atom is 0.306 e. The standard InChI is InChI=1S/C19H12BrN5O7/c20-12-3-7-14(8-4-12)22-19(26)11-1-5-13(6-2-11)21-18-16(24(29)30)9-15(23(27)28)10-17(18)25(31)32/h1-10,21H,(H,22,26). The molecule has 0 bridgehead atoms. The molecule has 3 aromatic rings. The number of halogens is 1. The Balaban J connectivity index is 1.88. The molecule has 2 N–H and O–H groups in total. The maximum atomic E-state index is 12.4. The van der Waals surface area contributed by atoms with Crippen molar-refractivity contribution in [3.05, 3.63) is 101 Å². The Morgan fingerprint density at radius 1 is 0.750 bits per heavy atom. The number of hydrogen-bond donors (Lipinski definition) is 2. The van der Waals surface area contributed by atoms with Crippen LogP contribution in [-0.2, 0) is 0 Å². The number of non-ortho nitro benzene ring substituents is 1. The van der Waals surface area contributed by atoms with E-state index in [1.165, 1.54) is 24.3 Å². The molecule has 0 saturated heterocycles. The highest BCUT2D eigenvalue weighted by atomic mass is 79.9. The molecule has 12 nitrogen and oxygen atoms in total. The van der Waals surface area contributed by atoms with Gasteiger partial charge in [-0.25, -0.2) is 0 Å². The summed E-state index contributed by atoms with van der Waals surface area (Å²) in [4.78, 5) is 43.2. The van der Waals surface area contributed by atoms with E-state index in [-0.39, 0.29) is 11.3 Å². The van der Waals surface area contributed by atoms with E-state index < -0.39 is 43.4 Å². The van der Waals surface area contributed by atoms with Crippen LogP contribution in [0.5, 0.6) is 0 Å². The lowest BCUT2D eigenvalue weighted by molar-refractivity contribution is -0.401. The van der Waals surface area contributed by atoms with E-state index in [9.17, 15) is 35.1 Å². The lowest BCUT2D eigenvalue weighted by Crippen LogP contribution is -2.11. The zero-order chi connectivity index (χ0) is 23.4. The Morgan fingerprint density at radius 3 is 1.72 bits per heavy atom. The van der Waals surface area contributed by atoms with Crippen LogP contribution in [0.3, 0.4) is 0 Å². The molecule has 32 heavy (non-hydrogen) atoms. The van der Waals surface area contributed by atoms with Crippen molar-refractivity contribution in [1.29, 1.82) is 0 Å². The Hall–Kier alpha value is -4.39. The number of nitro groups is 3. The van der Waals surface area contributed by atoms with Gasteiger partial charge in [0.15, 0.2) is 5.69 Å². The summed E-state index contributed by atoms with van der Waals surface area (Å²) >= 11 is 3.29. The van der Waals surface area contributed by atoms with Gasteiger partial charge in [-0.1, -0.05) is 15.9 Å². The minimum Gasteiger partial charge on any atom is -0.344 e. The quantitative estimate of drug-likeness (QED) is 0.329. The highest BCUT2D eigenvalue weighted by molar-refractivity contribution is 9.10. The zero-order valence-electron chi connectivity index (χ0n) is 15.9. The predicted octanol–water partition coefficient (Wildman–Crippen LogP) is 5.17. The fourth-order valence-corrected chi connectivity index (χ4v) is 2.97. The second-order valence-corrected chi connectivity index (χ2v) is 7.21. The lowest BCUT2D eigenvalue weighted by Gasteiger charge is -2.09. The molecule has 0 aliphatic rings. The Morgan fingerprint density at radius 2 is 1.25 bits per heavy atom. The SMILES string of the molecule is O=C(Nc1ccc(Br)cc1)c1ccc(Nc2c([N+](=O)[O-])cc([N+](=O)[O-])cc2[N+](=O)[O-])cc1. The monoisotopic (exact) mass is 501 g/mol. The average molecular weight is 502 g/mol. The van der Waals surface area contributed by atoms with Gasteiger partial charge in [0.05, 0.1) is 26.9 Å². The van der Waals surface area contributed by atoms with Gasteiger partial charge in [0.2, 0.25) is 0 Å². The predicted molar refractivity (Wildman–Crippen MR) is 118 cm³/mol. The molecule has 3 aromatic carbocycles. The number of amides is 1. The van der Waals surface area contributed by atoms with Gasteiger partial charge in [-0.05, 0) is 48.5 Å². The molecule has 0 heterocycles. The molecule has 0 atom stereocenters. The van der Waals surface area contributed by atoms with Gasteiger partial charge >= 0.3 is 11.4 Å². The topological polar surface area (TPSA) is 171 Å². The highest BCUT2D eigenvalue weighted by Gasteiger charge is 2.30. The van der Waals surface area contributed by atoms with Crippen LogP contribution in [0, 0.1) is 30.3 Å². The number of hydrogen-bond acceptors (Lipinski definition) is 8. The molecule has 13 heteroatoms. The first-order valence-corrected chi connectivity index (χ1v) is 9.50. The van der Waals surface area contributed by atoms with Crippen molar-refractivity contribution >= 4 is 56.0 Å². The van der Waals surface area contributed by atoms with Crippen molar-refractivity contribution in [1.82, 2.24) is 0 Å². The molecule has 0 saturated carbocycles. The summed E-state index contributed by atoms with van der Waals surface area (Å²) in [5, 5.41) is 38.9. The minimum atomic E-state index is -0.956. The molecule has 1 amide bonds. The van der Waals surface area contributed by atoms with Gasteiger partial charge < -0.3 is 10.6 Å². The fraction of sp³-hybridized carbons (Fsp3) is 0. The summed E-state index contributed by atoms with van der Waals surface area (Å²) < 4.78 is 0.848. The fourth-order valence-electron chi connectivity index (χ4n) is 2.70. The number of carbonyl (C=O) groups excluding carboxylic acids is 1.